The molecule has 5 rings (SSSR count). The van der Waals surface area contributed by atoms with Crippen LogP contribution in [-0.4, -0.2) is 61.5 Å². The van der Waals surface area contributed by atoms with E-state index in [1.165, 1.54) is 0 Å². The molecule has 8 heteroatoms. The third-order valence-electron chi connectivity index (χ3n) is 6.45. The second-order valence-corrected chi connectivity index (χ2v) is 8.97. The topological polar surface area (TPSA) is 101 Å². The lowest BCUT2D eigenvalue weighted by atomic mass is 9.96. The van der Waals surface area contributed by atoms with E-state index in [0.29, 0.717) is 28.9 Å². The molecule has 3 heterocycles. The number of aliphatic hydroxyl groups is 1. The molecule has 2 aromatic heterocycles. The van der Waals surface area contributed by atoms with Gasteiger partial charge in [0.25, 0.3) is 0 Å². The number of nitrogens with one attached hydrogen (secondary N) is 2. The normalized spacial score (nSPS) is 15.2. The van der Waals surface area contributed by atoms with Crippen molar-refractivity contribution in [1.82, 2.24) is 25.1 Å². The quantitative estimate of drug-likeness (QED) is 0.328. The van der Waals surface area contributed by atoms with Gasteiger partial charge in [0.2, 0.25) is 0 Å². The van der Waals surface area contributed by atoms with Gasteiger partial charge in [0.15, 0.2) is 11.6 Å². The molecule has 34 heavy (non-hydrogen) atoms. The number of halogens is 1. The number of phenolic OH excluding ortho intramolecular Hbond substituents is 1. The first-order chi connectivity index (χ1) is 16.5. The summed E-state index contributed by atoms with van der Waals surface area (Å²) in [4.78, 5) is 10.2. The highest BCUT2D eigenvalue weighted by molar-refractivity contribution is 5.95. The summed E-state index contributed by atoms with van der Waals surface area (Å²) in [6.07, 6.45) is 4.64. The number of benzene rings is 2. The van der Waals surface area contributed by atoms with E-state index in [-0.39, 0.29) is 23.8 Å². The van der Waals surface area contributed by atoms with E-state index >= 15 is 4.39 Å². The Labute approximate surface area is 197 Å². The number of imidazole rings is 1. The van der Waals surface area contributed by atoms with Crippen molar-refractivity contribution in [3.8, 4) is 28.4 Å². The van der Waals surface area contributed by atoms with Gasteiger partial charge in [-0.3, -0.25) is 10.00 Å². The maximum Gasteiger partial charge on any atom is 0.159 e. The van der Waals surface area contributed by atoms with Crippen LogP contribution in [0, 0.1) is 11.7 Å². The molecule has 0 amide bonds. The van der Waals surface area contributed by atoms with Gasteiger partial charge >= 0.3 is 0 Å². The van der Waals surface area contributed by atoms with Gasteiger partial charge in [-0.05, 0) is 47.2 Å². The molecular formula is C26H28FN5O2. The Kier molecular flexibility index (Phi) is 5.93. The second-order valence-electron chi connectivity index (χ2n) is 8.97. The van der Waals surface area contributed by atoms with Gasteiger partial charge in [0.1, 0.15) is 17.0 Å². The molecule has 7 nitrogen and oxygen atoms in total. The average Bonchev–Trinajstić information content (AvgIpc) is 3.58. The number of aliphatic hydroxyl groups excluding tert-OH is 1. The highest BCUT2D eigenvalue weighted by Crippen LogP contribution is 2.35. The number of fused-ring (bicyclic) bond motifs is 1. The van der Waals surface area contributed by atoms with Gasteiger partial charge in [0, 0.05) is 37.2 Å². The zero-order chi connectivity index (χ0) is 23.8. The summed E-state index contributed by atoms with van der Waals surface area (Å²) >= 11 is 0. The summed E-state index contributed by atoms with van der Waals surface area (Å²) in [7, 11) is 0. The summed E-state index contributed by atoms with van der Waals surface area (Å²) in [6, 6.07) is 8.59. The van der Waals surface area contributed by atoms with Crippen LogP contribution >= 0.6 is 0 Å². The van der Waals surface area contributed by atoms with Crippen LogP contribution in [0.4, 0.5) is 4.39 Å². The first kappa shape index (κ1) is 22.3. The van der Waals surface area contributed by atoms with Crippen LogP contribution in [0.25, 0.3) is 39.1 Å². The molecule has 4 aromatic rings. The number of H-pyrrole nitrogens is 2. The number of aryl methyl sites for hydroxylation is 1. The van der Waals surface area contributed by atoms with E-state index in [9.17, 15) is 10.2 Å². The van der Waals surface area contributed by atoms with Crippen LogP contribution in [0.1, 0.15) is 25.1 Å². The first-order valence-corrected chi connectivity index (χ1v) is 11.5. The van der Waals surface area contributed by atoms with Gasteiger partial charge in [-0.2, -0.15) is 5.10 Å². The summed E-state index contributed by atoms with van der Waals surface area (Å²) in [5.74, 6) is 0.600. The Morgan fingerprint density at radius 2 is 2.03 bits per heavy atom. The van der Waals surface area contributed by atoms with Crippen molar-refractivity contribution in [2.24, 2.45) is 5.92 Å². The monoisotopic (exact) mass is 461 g/mol. The lowest BCUT2D eigenvalue weighted by Gasteiger charge is -2.19. The molecular weight excluding hydrogens is 433 g/mol. The van der Waals surface area contributed by atoms with E-state index < -0.39 is 5.82 Å². The zero-order valence-electron chi connectivity index (χ0n) is 19.3. The molecule has 0 aliphatic carbocycles. The lowest BCUT2D eigenvalue weighted by molar-refractivity contribution is 0.194. The van der Waals surface area contributed by atoms with Crippen molar-refractivity contribution in [3.63, 3.8) is 0 Å². The molecule has 4 N–H and O–H groups in total. The molecule has 1 aliphatic heterocycles. The number of hydrogen-bond donors (Lipinski definition) is 4. The number of aromatic nitrogens is 4. The number of rotatable bonds is 7. The van der Waals surface area contributed by atoms with Gasteiger partial charge in [-0.1, -0.05) is 32.1 Å². The maximum absolute atomic E-state index is 15.5. The molecule has 0 unspecified atom stereocenters. The SMILES string of the molecule is CCc1cc(O)ccc1-c1ccc2c(-c3ncc(C4=CCN(C[C@@H](C)CO)C4)[nH]3)[nH]nc2c1F. The van der Waals surface area contributed by atoms with Gasteiger partial charge in [-0.15, -0.1) is 0 Å². The largest absolute Gasteiger partial charge is 0.508 e. The molecule has 0 spiro atoms. The van der Waals surface area contributed by atoms with Crippen LogP contribution < -0.4 is 0 Å². The summed E-state index contributed by atoms with van der Waals surface area (Å²) in [6.45, 7) is 6.65. The molecule has 0 fully saturated rings. The van der Waals surface area contributed by atoms with Crippen molar-refractivity contribution < 1.29 is 14.6 Å². The number of aromatic amines is 2. The van der Waals surface area contributed by atoms with Crippen molar-refractivity contribution in [1.29, 1.82) is 0 Å². The van der Waals surface area contributed by atoms with Crippen LogP contribution in [-0.2, 0) is 6.42 Å². The van der Waals surface area contributed by atoms with Crippen molar-refractivity contribution in [2.75, 3.05) is 26.2 Å². The molecule has 1 atom stereocenters. The molecule has 176 valence electrons. The fourth-order valence-corrected chi connectivity index (χ4v) is 4.63. The predicted octanol–water partition coefficient (Wildman–Crippen LogP) is 4.35. The zero-order valence-corrected chi connectivity index (χ0v) is 19.3. The minimum Gasteiger partial charge on any atom is -0.508 e. The van der Waals surface area contributed by atoms with Gasteiger partial charge < -0.3 is 15.2 Å². The maximum atomic E-state index is 15.5. The fourth-order valence-electron chi connectivity index (χ4n) is 4.63. The molecule has 2 aromatic carbocycles. The standard InChI is InChI=1S/C26H28FN5O2/c1-3-16-10-18(34)4-5-19(16)20-6-7-21-24(23(20)27)30-31-25(21)26-28-11-22(29-26)17-8-9-32(13-17)12-15(2)14-33/h4-8,10-11,15,33-34H,3,9,12-14H2,1-2H3,(H,28,29)(H,30,31)/t15-/m1/s1. The Bertz CT molecular complexity index is 1370. The van der Waals surface area contributed by atoms with Crippen LogP contribution in [0.2, 0.25) is 0 Å². The number of phenols is 1. The van der Waals surface area contributed by atoms with Crippen LogP contribution in [0.5, 0.6) is 5.75 Å². The van der Waals surface area contributed by atoms with E-state index in [4.69, 9.17) is 0 Å². The molecule has 1 aliphatic rings. The average molecular weight is 462 g/mol. The van der Waals surface area contributed by atoms with E-state index in [1.54, 1.807) is 30.5 Å². The highest BCUT2D eigenvalue weighted by Gasteiger charge is 2.21. The van der Waals surface area contributed by atoms with Gasteiger partial charge in [0.05, 0.1) is 11.9 Å². The minimum atomic E-state index is -0.403. The lowest BCUT2D eigenvalue weighted by Crippen LogP contribution is -2.28. The van der Waals surface area contributed by atoms with E-state index in [0.717, 1.165) is 42.0 Å². The Balaban J connectivity index is 1.43. The highest BCUT2D eigenvalue weighted by atomic mass is 19.1. The smallest absolute Gasteiger partial charge is 0.159 e. The van der Waals surface area contributed by atoms with E-state index in [2.05, 4.69) is 31.1 Å². The van der Waals surface area contributed by atoms with Crippen molar-refractivity contribution in [2.45, 2.75) is 20.3 Å². The Morgan fingerprint density at radius 1 is 1.21 bits per heavy atom. The molecule has 0 bridgehead atoms. The Morgan fingerprint density at radius 3 is 2.82 bits per heavy atom. The van der Waals surface area contributed by atoms with Crippen molar-refractivity contribution in [3.05, 3.63) is 59.7 Å². The number of aromatic hydroxyl groups is 1. The third-order valence-corrected chi connectivity index (χ3v) is 6.45. The van der Waals surface area contributed by atoms with E-state index in [1.807, 2.05) is 19.9 Å². The molecule has 0 saturated carbocycles. The first-order valence-electron chi connectivity index (χ1n) is 11.5. The number of nitrogens with zero attached hydrogens (tertiary/aromatic N) is 3. The predicted molar refractivity (Wildman–Crippen MR) is 131 cm³/mol. The fraction of sp³-hybridized carbons (Fsp3) is 0.308. The molecule has 0 radical (unpaired) electrons. The Hall–Kier alpha value is -3.49. The summed E-state index contributed by atoms with van der Waals surface area (Å²) in [5, 5.41) is 27.0. The van der Waals surface area contributed by atoms with Crippen LogP contribution in [0.3, 0.4) is 0 Å². The molecule has 0 saturated heterocycles. The van der Waals surface area contributed by atoms with Crippen molar-refractivity contribution >= 4 is 16.5 Å². The summed E-state index contributed by atoms with van der Waals surface area (Å²) < 4.78 is 15.5. The minimum absolute atomic E-state index is 0.168. The van der Waals surface area contributed by atoms with Crippen LogP contribution in [0.15, 0.2) is 42.6 Å². The van der Waals surface area contributed by atoms with Gasteiger partial charge in [-0.25, -0.2) is 9.37 Å². The second kappa shape index (κ2) is 9.04. The number of hydrogen-bond acceptors (Lipinski definition) is 5. The third kappa shape index (κ3) is 3.99. The summed E-state index contributed by atoms with van der Waals surface area (Å²) in [5.41, 5.74) is 5.04.